The van der Waals surface area contributed by atoms with E-state index in [2.05, 4.69) is 5.10 Å². The molecule has 0 aromatic carbocycles. The van der Waals surface area contributed by atoms with Gasteiger partial charge in [-0.2, -0.15) is 5.10 Å². The average molecular weight is 294 g/mol. The van der Waals surface area contributed by atoms with Crippen molar-refractivity contribution in [3.8, 4) is 0 Å². The Balaban J connectivity index is 1.87. The van der Waals surface area contributed by atoms with E-state index >= 15 is 0 Å². The Bertz CT molecular complexity index is 586. The Morgan fingerprint density at radius 2 is 2.10 bits per heavy atom. The summed E-state index contributed by atoms with van der Waals surface area (Å²) in [5.74, 6) is -1.13. The molecule has 1 spiro atoms. The van der Waals surface area contributed by atoms with Gasteiger partial charge >= 0.3 is 5.97 Å². The Morgan fingerprint density at radius 1 is 1.33 bits per heavy atom. The molecular weight excluding hydrogens is 276 g/mol. The fourth-order valence-corrected chi connectivity index (χ4v) is 3.10. The van der Waals surface area contributed by atoms with Crippen molar-refractivity contribution in [3.63, 3.8) is 0 Å². The second kappa shape index (κ2) is 5.57. The largest absolute Gasteiger partial charge is 0.476 e. The van der Waals surface area contributed by atoms with Crippen molar-refractivity contribution in [2.75, 3.05) is 19.8 Å². The molecule has 21 heavy (non-hydrogen) atoms. The molecule has 3 heterocycles. The van der Waals surface area contributed by atoms with Gasteiger partial charge in [0.05, 0.1) is 11.6 Å². The molecule has 1 aromatic heterocycles. The first kappa shape index (κ1) is 14.2. The highest BCUT2D eigenvalue weighted by Gasteiger charge is 2.40. The molecule has 7 heteroatoms. The quantitative estimate of drug-likeness (QED) is 0.869. The highest BCUT2D eigenvalue weighted by molar-refractivity contribution is 5.84. The van der Waals surface area contributed by atoms with E-state index in [1.165, 1.54) is 16.8 Å². The molecule has 1 unspecified atom stereocenters. The minimum Gasteiger partial charge on any atom is -0.476 e. The lowest BCUT2D eigenvalue weighted by Gasteiger charge is -2.43. The number of ether oxygens (including phenoxy) is 2. The van der Waals surface area contributed by atoms with Gasteiger partial charge in [0, 0.05) is 25.9 Å². The van der Waals surface area contributed by atoms with E-state index in [1.54, 1.807) is 0 Å². The second-order valence-corrected chi connectivity index (χ2v) is 5.60. The molecule has 1 aromatic rings. The summed E-state index contributed by atoms with van der Waals surface area (Å²) in [6.07, 6.45) is 2.94. The Morgan fingerprint density at radius 3 is 2.81 bits per heavy atom. The van der Waals surface area contributed by atoms with Gasteiger partial charge in [0.1, 0.15) is 0 Å². The number of carboxylic acid groups (broad SMARTS) is 1. The first-order valence-corrected chi connectivity index (χ1v) is 7.15. The molecular formula is C14H18N2O5. The van der Waals surface area contributed by atoms with Gasteiger partial charge in [-0.25, -0.2) is 9.48 Å². The number of rotatable bonds is 2. The third-order valence-electron chi connectivity index (χ3n) is 4.26. The molecule has 0 radical (unpaired) electrons. The molecule has 3 rings (SSSR count). The summed E-state index contributed by atoms with van der Waals surface area (Å²) in [6, 6.07) is 2.39. The minimum absolute atomic E-state index is 0.109. The number of hydrogen-bond donors (Lipinski definition) is 1. The van der Waals surface area contributed by atoms with E-state index in [0.717, 1.165) is 12.8 Å². The molecule has 0 aliphatic carbocycles. The van der Waals surface area contributed by atoms with E-state index in [9.17, 15) is 9.59 Å². The SMILES string of the molecule is O=C(O)c1ccc(=O)n(C2CCOC3(CCOCC3)C2)n1. The Labute approximate surface area is 121 Å². The van der Waals surface area contributed by atoms with Gasteiger partial charge in [-0.1, -0.05) is 0 Å². The zero-order valence-corrected chi connectivity index (χ0v) is 11.7. The van der Waals surface area contributed by atoms with Crippen molar-refractivity contribution < 1.29 is 19.4 Å². The molecule has 7 nitrogen and oxygen atoms in total. The van der Waals surface area contributed by atoms with Crippen LogP contribution in [0.25, 0.3) is 0 Å². The van der Waals surface area contributed by atoms with Crippen molar-refractivity contribution in [2.45, 2.75) is 37.3 Å². The highest BCUT2D eigenvalue weighted by atomic mass is 16.5. The van der Waals surface area contributed by atoms with Crippen LogP contribution in [-0.2, 0) is 9.47 Å². The molecule has 1 N–H and O–H groups in total. The van der Waals surface area contributed by atoms with Gasteiger partial charge in [0.15, 0.2) is 5.69 Å². The zero-order valence-electron chi connectivity index (χ0n) is 11.7. The number of carbonyl (C=O) groups is 1. The Hall–Kier alpha value is -1.73. The van der Waals surface area contributed by atoms with E-state index in [0.29, 0.717) is 32.7 Å². The molecule has 2 aliphatic rings. The number of aromatic nitrogens is 2. The van der Waals surface area contributed by atoms with Crippen molar-refractivity contribution in [3.05, 3.63) is 28.2 Å². The van der Waals surface area contributed by atoms with Crippen molar-refractivity contribution in [1.82, 2.24) is 9.78 Å². The van der Waals surface area contributed by atoms with Gasteiger partial charge in [0.2, 0.25) is 0 Å². The normalized spacial score (nSPS) is 24.9. The van der Waals surface area contributed by atoms with Crippen LogP contribution in [0.15, 0.2) is 16.9 Å². The van der Waals surface area contributed by atoms with Crippen LogP contribution in [0.3, 0.4) is 0 Å². The van der Waals surface area contributed by atoms with Gasteiger partial charge < -0.3 is 14.6 Å². The first-order valence-electron chi connectivity index (χ1n) is 7.15. The number of aromatic carboxylic acids is 1. The number of nitrogens with zero attached hydrogens (tertiary/aromatic N) is 2. The van der Waals surface area contributed by atoms with Crippen molar-refractivity contribution >= 4 is 5.97 Å². The summed E-state index contributed by atoms with van der Waals surface area (Å²) in [4.78, 5) is 23.0. The molecule has 114 valence electrons. The van der Waals surface area contributed by atoms with Crippen LogP contribution in [0.5, 0.6) is 0 Å². The Kier molecular flexibility index (Phi) is 3.77. The predicted molar refractivity (Wildman–Crippen MR) is 72.5 cm³/mol. The lowest BCUT2D eigenvalue weighted by Crippen LogP contribution is -2.46. The summed E-state index contributed by atoms with van der Waals surface area (Å²) < 4.78 is 12.6. The third-order valence-corrected chi connectivity index (χ3v) is 4.26. The van der Waals surface area contributed by atoms with Gasteiger partial charge in [-0.3, -0.25) is 4.79 Å². The maximum absolute atomic E-state index is 12.0. The van der Waals surface area contributed by atoms with Crippen LogP contribution in [-0.4, -0.2) is 46.3 Å². The number of hydrogen-bond acceptors (Lipinski definition) is 5. The predicted octanol–water partition coefficient (Wildman–Crippen LogP) is 0.842. The van der Waals surface area contributed by atoms with E-state index < -0.39 is 5.97 Å². The molecule has 1 atom stereocenters. The van der Waals surface area contributed by atoms with Crippen molar-refractivity contribution in [2.24, 2.45) is 0 Å². The summed E-state index contributed by atoms with van der Waals surface area (Å²) in [6.45, 7) is 1.87. The maximum Gasteiger partial charge on any atom is 0.356 e. The molecule has 2 fully saturated rings. The minimum atomic E-state index is -1.13. The summed E-state index contributed by atoms with van der Waals surface area (Å²) >= 11 is 0. The summed E-state index contributed by atoms with van der Waals surface area (Å²) in [5.41, 5.74) is -0.641. The van der Waals surface area contributed by atoms with Crippen LogP contribution >= 0.6 is 0 Å². The molecule has 2 saturated heterocycles. The number of carboxylic acids is 1. The van der Waals surface area contributed by atoms with E-state index in [-0.39, 0.29) is 22.9 Å². The van der Waals surface area contributed by atoms with Crippen LogP contribution in [0.4, 0.5) is 0 Å². The average Bonchev–Trinajstić information content (AvgIpc) is 2.48. The van der Waals surface area contributed by atoms with E-state index in [1.807, 2.05) is 0 Å². The second-order valence-electron chi connectivity index (χ2n) is 5.60. The fraction of sp³-hybridized carbons (Fsp3) is 0.643. The monoisotopic (exact) mass is 294 g/mol. The molecule has 0 bridgehead atoms. The molecule has 2 aliphatic heterocycles. The lowest BCUT2D eigenvalue weighted by atomic mass is 9.84. The lowest BCUT2D eigenvalue weighted by molar-refractivity contribution is -0.145. The molecule has 0 saturated carbocycles. The highest BCUT2D eigenvalue weighted by Crippen LogP contribution is 2.38. The third kappa shape index (κ3) is 2.84. The van der Waals surface area contributed by atoms with Crippen LogP contribution in [0.1, 0.15) is 42.2 Å². The van der Waals surface area contributed by atoms with E-state index in [4.69, 9.17) is 14.6 Å². The van der Waals surface area contributed by atoms with Crippen molar-refractivity contribution in [1.29, 1.82) is 0 Å². The smallest absolute Gasteiger partial charge is 0.356 e. The van der Waals surface area contributed by atoms with Crippen LogP contribution in [0.2, 0.25) is 0 Å². The fourth-order valence-electron chi connectivity index (χ4n) is 3.10. The zero-order chi connectivity index (χ0) is 14.9. The van der Waals surface area contributed by atoms with Gasteiger partial charge in [-0.05, 0) is 31.7 Å². The van der Waals surface area contributed by atoms with Crippen LogP contribution in [0, 0.1) is 0 Å². The maximum atomic E-state index is 12.0. The summed E-state index contributed by atoms with van der Waals surface area (Å²) in [5, 5.41) is 13.0. The van der Waals surface area contributed by atoms with Gasteiger partial charge in [-0.15, -0.1) is 0 Å². The standard InChI is InChI=1S/C14H18N2O5/c17-12-2-1-11(13(18)19)15-16(12)10-3-6-21-14(9-10)4-7-20-8-5-14/h1-2,10H,3-9H2,(H,18,19). The summed E-state index contributed by atoms with van der Waals surface area (Å²) in [7, 11) is 0. The topological polar surface area (TPSA) is 90.7 Å². The van der Waals surface area contributed by atoms with Gasteiger partial charge in [0.25, 0.3) is 5.56 Å². The van der Waals surface area contributed by atoms with Crippen LogP contribution < -0.4 is 5.56 Å². The first-order chi connectivity index (χ1) is 10.1. The molecule has 0 amide bonds.